The molecule has 0 atom stereocenters. The zero-order chi connectivity index (χ0) is 12.9. The number of benzene rings is 1. The summed E-state index contributed by atoms with van der Waals surface area (Å²) >= 11 is 0. The Kier molecular flexibility index (Phi) is 5.09. The van der Waals surface area contributed by atoms with E-state index in [1.807, 2.05) is 12.1 Å². The monoisotopic (exact) mass is 238 g/mol. The SMILES string of the molecule is Cc1cc(CNCC(C)(C)CCN)ccc1F. The molecule has 1 rings (SSSR count). The summed E-state index contributed by atoms with van der Waals surface area (Å²) in [6.45, 7) is 8.59. The minimum absolute atomic E-state index is 0.141. The van der Waals surface area contributed by atoms with Gasteiger partial charge in [-0.15, -0.1) is 0 Å². The molecule has 1 aromatic carbocycles. The van der Waals surface area contributed by atoms with E-state index in [0.717, 1.165) is 25.1 Å². The summed E-state index contributed by atoms with van der Waals surface area (Å²) in [5.41, 5.74) is 7.59. The van der Waals surface area contributed by atoms with E-state index in [-0.39, 0.29) is 11.2 Å². The van der Waals surface area contributed by atoms with E-state index >= 15 is 0 Å². The van der Waals surface area contributed by atoms with Crippen LogP contribution in [0, 0.1) is 18.2 Å². The van der Waals surface area contributed by atoms with Gasteiger partial charge in [-0.05, 0) is 42.5 Å². The Morgan fingerprint density at radius 1 is 1.35 bits per heavy atom. The second-order valence-electron chi connectivity index (χ2n) is 5.39. The third-order valence-electron chi connectivity index (χ3n) is 2.98. The van der Waals surface area contributed by atoms with Gasteiger partial charge >= 0.3 is 0 Å². The molecule has 17 heavy (non-hydrogen) atoms. The van der Waals surface area contributed by atoms with Crippen LogP contribution in [0.2, 0.25) is 0 Å². The molecule has 0 amide bonds. The zero-order valence-corrected chi connectivity index (χ0v) is 11.0. The lowest BCUT2D eigenvalue weighted by Gasteiger charge is -2.24. The van der Waals surface area contributed by atoms with Crippen LogP contribution in [0.4, 0.5) is 4.39 Å². The highest BCUT2D eigenvalue weighted by Gasteiger charge is 2.15. The van der Waals surface area contributed by atoms with Crippen LogP contribution >= 0.6 is 0 Å². The molecule has 0 spiro atoms. The van der Waals surface area contributed by atoms with Gasteiger partial charge in [-0.2, -0.15) is 0 Å². The third-order valence-corrected chi connectivity index (χ3v) is 2.98. The van der Waals surface area contributed by atoms with Crippen LogP contribution < -0.4 is 11.1 Å². The normalized spacial score (nSPS) is 11.8. The smallest absolute Gasteiger partial charge is 0.126 e. The largest absolute Gasteiger partial charge is 0.330 e. The van der Waals surface area contributed by atoms with Crippen molar-refractivity contribution >= 4 is 0 Å². The Morgan fingerprint density at radius 3 is 2.65 bits per heavy atom. The number of aryl methyl sites for hydroxylation is 1. The number of nitrogens with two attached hydrogens (primary N) is 1. The fourth-order valence-corrected chi connectivity index (χ4v) is 1.84. The van der Waals surface area contributed by atoms with Gasteiger partial charge in [0.2, 0.25) is 0 Å². The Bertz CT molecular complexity index is 361. The predicted molar refractivity (Wildman–Crippen MR) is 70.3 cm³/mol. The molecule has 2 nitrogen and oxygen atoms in total. The highest BCUT2D eigenvalue weighted by Crippen LogP contribution is 2.18. The van der Waals surface area contributed by atoms with E-state index in [1.165, 1.54) is 6.07 Å². The van der Waals surface area contributed by atoms with Crippen molar-refractivity contribution in [1.82, 2.24) is 5.32 Å². The molecule has 0 heterocycles. The maximum Gasteiger partial charge on any atom is 0.126 e. The van der Waals surface area contributed by atoms with Crippen molar-refractivity contribution in [3.63, 3.8) is 0 Å². The molecule has 0 aromatic heterocycles. The van der Waals surface area contributed by atoms with Gasteiger partial charge < -0.3 is 11.1 Å². The Morgan fingerprint density at radius 2 is 2.06 bits per heavy atom. The van der Waals surface area contributed by atoms with Crippen molar-refractivity contribution in [2.45, 2.75) is 33.7 Å². The third kappa shape index (κ3) is 4.84. The van der Waals surface area contributed by atoms with Gasteiger partial charge in [0.05, 0.1) is 0 Å². The lowest BCUT2D eigenvalue weighted by atomic mass is 9.89. The quantitative estimate of drug-likeness (QED) is 0.799. The zero-order valence-electron chi connectivity index (χ0n) is 11.0. The van der Waals surface area contributed by atoms with E-state index in [0.29, 0.717) is 12.1 Å². The molecule has 0 aliphatic rings. The fourth-order valence-electron chi connectivity index (χ4n) is 1.84. The van der Waals surface area contributed by atoms with Crippen LogP contribution in [0.25, 0.3) is 0 Å². The number of halogens is 1. The Labute approximate surface area is 103 Å². The summed E-state index contributed by atoms with van der Waals surface area (Å²) in [5, 5.41) is 3.40. The van der Waals surface area contributed by atoms with Gasteiger partial charge in [0.1, 0.15) is 5.82 Å². The highest BCUT2D eigenvalue weighted by atomic mass is 19.1. The molecule has 0 unspecified atom stereocenters. The van der Waals surface area contributed by atoms with Gasteiger partial charge in [0, 0.05) is 13.1 Å². The minimum atomic E-state index is -0.141. The number of rotatable bonds is 6. The molecule has 96 valence electrons. The van der Waals surface area contributed by atoms with Crippen molar-refractivity contribution in [3.05, 3.63) is 35.1 Å². The first-order valence-corrected chi connectivity index (χ1v) is 6.10. The number of hydrogen-bond acceptors (Lipinski definition) is 2. The first kappa shape index (κ1) is 14.1. The second-order valence-corrected chi connectivity index (χ2v) is 5.39. The summed E-state index contributed by atoms with van der Waals surface area (Å²) in [6, 6.07) is 5.24. The molecule has 0 saturated carbocycles. The molecule has 0 radical (unpaired) electrons. The van der Waals surface area contributed by atoms with Crippen molar-refractivity contribution in [1.29, 1.82) is 0 Å². The molecule has 0 aliphatic carbocycles. The van der Waals surface area contributed by atoms with Gasteiger partial charge in [-0.1, -0.05) is 26.0 Å². The highest BCUT2D eigenvalue weighted by molar-refractivity contribution is 5.23. The Hall–Kier alpha value is -0.930. The van der Waals surface area contributed by atoms with E-state index in [1.54, 1.807) is 6.92 Å². The second kappa shape index (κ2) is 6.12. The van der Waals surface area contributed by atoms with E-state index in [9.17, 15) is 4.39 Å². The topological polar surface area (TPSA) is 38.0 Å². The van der Waals surface area contributed by atoms with Crippen LogP contribution in [-0.4, -0.2) is 13.1 Å². The van der Waals surface area contributed by atoms with Crippen LogP contribution in [-0.2, 0) is 6.54 Å². The van der Waals surface area contributed by atoms with Crippen molar-refractivity contribution in [2.75, 3.05) is 13.1 Å². The van der Waals surface area contributed by atoms with Crippen LogP contribution in [0.3, 0.4) is 0 Å². The molecule has 1 aromatic rings. The first-order valence-electron chi connectivity index (χ1n) is 6.10. The molecule has 0 bridgehead atoms. The Balaban J connectivity index is 2.43. The summed E-state index contributed by atoms with van der Waals surface area (Å²) in [6.07, 6.45) is 1.00. The lowest BCUT2D eigenvalue weighted by Crippen LogP contribution is -2.31. The predicted octanol–water partition coefficient (Wildman–Crippen LogP) is 2.60. The molecular weight excluding hydrogens is 215 g/mol. The molecular formula is C14H23FN2. The van der Waals surface area contributed by atoms with Gasteiger partial charge in [-0.25, -0.2) is 4.39 Å². The average Bonchev–Trinajstić information content (AvgIpc) is 2.23. The van der Waals surface area contributed by atoms with Crippen LogP contribution in [0.15, 0.2) is 18.2 Å². The first-order chi connectivity index (χ1) is 7.94. The van der Waals surface area contributed by atoms with Crippen molar-refractivity contribution in [3.8, 4) is 0 Å². The fraction of sp³-hybridized carbons (Fsp3) is 0.571. The summed E-state index contributed by atoms with van der Waals surface area (Å²) < 4.78 is 13.1. The number of hydrogen-bond donors (Lipinski definition) is 2. The summed E-state index contributed by atoms with van der Waals surface area (Å²) in [7, 11) is 0. The number of nitrogens with one attached hydrogen (secondary N) is 1. The van der Waals surface area contributed by atoms with Gasteiger partial charge in [-0.3, -0.25) is 0 Å². The lowest BCUT2D eigenvalue weighted by molar-refractivity contribution is 0.319. The van der Waals surface area contributed by atoms with E-state index < -0.39 is 0 Å². The van der Waals surface area contributed by atoms with Crippen LogP contribution in [0.5, 0.6) is 0 Å². The summed E-state index contributed by atoms with van der Waals surface area (Å²) in [4.78, 5) is 0. The average molecular weight is 238 g/mol. The molecule has 3 heteroatoms. The maximum absolute atomic E-state index is 13.1. The van der Waals surface area contributed by atoms with Gasteiger partial charge in [0.15, 0.2) is 0 Å². The molecule has 0 fully saturated rings. The molecule has 0 aliphatic heterocycles. The maximum atomic E-state index is 13.1. The van der Waals surface area contributed by atoms with Gasteiger partial charge in [0.25, 0.3) is 0 Å². The van der Waals surface area contributed by atoms with E-state index in [2.05, 4.69) is 19.2 Å². The van der Waals surface area contributed by atoms with Crippen molar-refractivity contribution in [2.24, 2.45) is 11.1 Å². The minimum Gasteiger partial charge on any atom is -0.330 e. The van der Waals surface area contributed by atoms with Crippen LogP contribution in [0.1, 0.15) is 31.4 Å². The molecule has 3 N–H and O–H groups in total. The summed E-state index contributed by atoms with van der Waals surface area (Å²) in [5.74, 6) is -0.141. The molecule has 0 saturated heterocycles. The van der Waals surface area contributed by atoms with E-state index in [4.69, 9.17) is 5.73 Å². The van der Waals surface area contributed by atoms with Crippen molar-refractivity contribution < 1.29 is 4.39 Å². The standard InChI is InChI=1S/C14H23FN2/c1-11-8-12(4-5-13(11)15)9-17-10-14(2,3)6-7-16/h4-5,8,17H,6-7,9-10,16H2,1-3H3.